The summed E-state index contributed by atoms with van der Waals surface area (Å²) in [6, 6.07) is 8.08. The highest BCUT2D eigenvalue weighted by molar-refractivity contribution is 5.95. The van der Waals surface area contributed by atoms with Crippen molar-refractivity contribution in [1.29, 1.82) is 0 Å². The molecule has 0 amide bonds. The normalized spacial score (nSPS) is 13.2. The molecule has 0 atom stereocenters. The monoisotopic (exact) mass is 626 g/mol. The number of aromatic nitrogens is 4. The lowest BCUT2D eigenvalue weighted by Gasteiger charge is -2.04. The summed E-state index contributed by atoms with van der Waals surface area (Å²) in [5, 5.41) is 19.1. The average molecular weight is 627 g/mol. The van der Waals surface area contributed by atoms with Crippen LogP contribution < -0.4 is 0 Å². The molecule has 8 bridgehead atoms. The van der Waals surface area contributed by atoms with Gasteiger partial charge in [0.15, 0.2) is 0 Å². The second kappa shape index (κ2) is 13.8. The highest BCUT2D eigenvalue weighted by atomic mass is 16.5. The predicted molar refractivity (Wildman–Crippen MR) is 180 cm³/mol. The van der Waals surface area contributed by atoms with Crippen LogP contribution in [0.5, 0.6) is 0 Å². The van der Waals surface area contributed by atoms with Crippen LogP contribution in [0.3, 0.4) is 0 Å². The molecular weight excluding hydrogens is 584 g/mol. The van der Waals surface area contributed by atoms with E-state index in [-0.39, 0.29) is 12.8 Å². The lowest BCUT2D eigenvalue weighted by Crippen LogP contribution is -1.98. The zero-order valence-electron chi connectivity index (χ0n) is 27.4. The van der Waals surface area contributed by atoms with Gasteiger partial charge in [-0.3, -0.25) is 9.59 Å². The van der Waals surface area contributed by atoms with Gasteiger partial charge in [0.05, 0.1) is 36.0 Å². The topological polar surface area (TPSA) is 150 Å². The van der Waals surface area contributed by atoms with E-state index in [1.54, 1.807) is 14.2 Å². The Hall–Kier alpha value is -4.54. The lowest BCUT2D eigenvalue weighted by molar-refractivity contribution is -0.137. The molecule has 0 fully saturated rings. The molecule has 0 unspecified atom stereocenters. The van der Waals surface area contributed by atoms with Gasteiger partial charge in [-0.05, 0) is 122 Å². The number of hydrogen-bond acceptors (Lipinski definition) is 6. The quantitative estimate of drug-likeness (QED) is 0.170. The molecule has 5 heterocycles. The van der Waals surface area contributed by atoms with Crippen molar-refractivity contribution in [3.8, 4) is 0 Å². The van der Waals surface area contributed by atoms with Crippen molar-refractivity contribution < 1.29 is 29.3 Å². The van der Waals surface area contributed by atoms with Crippen LogP contribution in [0.25, 0.3) is 44.4 Å². The Morgan fingerprint density at radius 2 is 1.02 bits per heavy atom. The first-order valence-corrected chi connectivity index (χ1v) is 15.6. The third-order valence-electron chi connectivity index (χ3n) is 9.09. The molecule has 0 radical (unpaired) electrons. The number of fused-ring (bicyclic) bond motifs is 8. The number of ether oxygens (including phenoxy) is 2. The third kappa shape index (κ3) is 6.68. The van der Waals surface area contributed by atoms with Crippen LogP contribution in [-0.4, -0.2) is 69.5 Å². The number of H-pyrrole nitrogens is 2. The van der Waals surface area contributed by atoms with Gasteiger partial charge in [0.1, 0.15) is 0 Å². The van der Waals surface area contributed by atoms with E-state index in [1.165, 1.54) is 0 Å². The maximum Gasteiger partial charge on any atom is 0.303 e. The van der Waals surface area contributed by atoms with Crippen molar-refractivity contribution >= 4 is 56.3 Å². The van der Waals surface area contributed by atoms with Crippen molar-refractivity contribution in [2.24, 2.45) is 0 Å². The molecule has 10 nitrogen and oxygen atoms in total. The maximum absolute atomic E-state index is 11.6. The van der Waals surface area contributed by atoms with E-state index in [0.29, 0.717) is 44.6 Å². The van der Waals surface area contributed by atoms with Crippen LogP contribution >= 0.6 is 0 Å². The van der Waals surface area contributed by atoms with Gasteiger partial charge < -0.3 is 29.7 Å². The molecule has 0 spiro atoms. The fourth-order valence-corrected chi connectivity index (χ4v) is 6.36. The van der Waals surface area contributed by atoms with Crippen molar-refractivity contribution in [3.63, 3.8) is 0 Å². The van der Waals surface area contributed by atoms with E-state index in [9.17, 15) is 19.8 Å². The van der Waals surface area contributed by atoms with E-state index in [2.05, 4.69) is 29.9 Å². The molecule has 2 aliphatic heterocycles. The number of nitrogens with zero attached hydrogens (tertiary/aromatic N) is 2. The predicted octanol–water partition coefficient (Wildman–Crippen LogP) is 6.90. The zero-order chi connectivity index (χ0) is 33.1. The minimum atomic E-state index is -0.880. The van der Waals surface area contributed by atoms with Crippen molar-refractivity contribution in [3.05, 3.63) is 69.3 Å². The van der Waals surface area contributed by atoms with E-state index in [4.69, 9.17) is 19.4 Å². The molecular formula is C36H42N4O6. The van der Waals surface area contributed by atoms with Gasteiger partial charge in [-0.1, -0.05) is 0 Å². The Bertz CT molecular complexity index is 1930. The minimum absolute atomic E-state index is 0.0249. The maximum atomic E-state index is 11.6. The standard InChI is InChI=1S/C36H42N4O6/c1-19-23(7-9-35(41)42)33-18-34-24(8-10-36(43)44)20(2)29(40-34)16-32-26(12-14-46-6)22(4)30(39-32)17-31-25(11-13-45-5)21(3)28(37-31)15-27(19)38-33/h15-18,37,40H,7-14H2,1-6H3,(H,41,42)(H,43,44). The van der Waals surface area contributed by atoms with Crippen LogP contribution in [0, 0.1) is 13.8 Å². The fourth-order valence-electron chi connectivity index (χ4n) is 6.36. The van der Waals surface area contributed by atoms with Crippen LogP contribution in [0.2, 0.25) is 0 Å². The van der Waals surface area contributed by atoms with Crippen molar-refractivity contribution in [2.75, 3.05) is 27.4 Å². The Morgan fingerprint density at radius 3 is 1.54 bits per heavy atom. The van der Waals surface area contributed by atoms with Crippen LogP contribution in [0.1, 0.15) is 84.6 Å². The van der Waals surface area contributed by atoms with Gasteiger partial charge in [0.2, 0.25) is 0 Å². The Kier molecular flexibility index (Phi) is 9.88. The number of aryl methyl sites for hydroxylation is 3. The first kappa shape index (κ1) is 32.8. The number of aliphatic carboxylic acids is 2. The number of allylic oxidation sites excluding steroid dienone is 3. The van der Waals surface area contributed by atoms with E-state index in [0.717, 1.165) is 83.7 Å². The molecule has 0 saturated carbocycles. The molecule has 4 N–H and O–H groups in total. The summed E-state index contributed by atoms with van der Waals surface area (Å²) < 4.78 is 10.9. The van der Waals surface area contributed by atoms with Gasteiger partial charge in [-0.15, -0.1) is 0 Å². The molecule has 46 heavy (non-hydrogen) atoms. The first-order chi connectivity index (χ1) is 22.0. The summed E-state index contributed by atoms with van der Waals surface area (Å²) in [6.45, 7) is 9.24. The number of carboxylic acid groups (broad SMARTS) is 2. The second-order valence-corrected chi connectivity index (χ2v) is 11.9. The summed E-state index contributed by atoms with van der Waals surface area (Å²) in [7, 11) is 3.38. The summed E-state index contributed by atoms with van der Waals surface area (Å²) in [5.74, 6) is -1.76. The second-order valence-electron chi connectivity index (χ2n) is 11.9. The van der Waals surface area contributed by atoms with Gasteiger partial charge in [-0.2, -0.15) is 0 Å². The molecule has 5 rings (SSSR count). The molecule has 3 aromatic rings. The molecule has 0 aromatic carbocycles. The summed E-state index contributed by atoms with van der Waals surface area (Å²) in [4.78, 5) is 40.5. The largest absolute Gasteiger partial charge is 0.481 e. The van der Waals surface area contributed by atoms with Gasteiger partial charge in [-0.25, -0.2) is 9.97 Å². The van der Waals surface area contributed by atoms with E-state index in [1.807, 2.05) is 32.0 Å². The fraction of sp³-hybridized carbons (Fsp3) is 0.389. The number of hydrogen-bond donors (Lipinski definition) is 4. The van der Waals surface area contributed by atoms with Crippen molar-refractivity contribution in [1.82, 2.24) is 19.9 Å². The molecule has 0 saturated heterocycles. The van der Waals surface area contributed by atoms with Crippen LogP contribution in [-0.2, 0) is 31.9 Å². The van der Waals surface area contributed by atoms with Gasteiger partial charge in [0.25, 0.3) is 0 Å². The average Bonchev–Trinajstić information content (AvgIpc) is 3.66. The lowest BCUT2D eigenvalue weighted by atomic mass is 10.00. The summed E-state index contributed by atoms with van der Waals surface area (Å²) >= 11 is 0. The smallest absolute Gasteiger partial charge is 0.303 e. The SMILES string of the molecule is COCCC1=C(C)c2cc3[nH]c(cc4nc(cc5[nH]c(cc1n2)c(C)c5CCC(=O)O)C(CCC(=O)O)=C4C)c(C)c3CCOC. The number of carbonyl (C=O) groups is 2. The number of aromatic amines is 2. The van der Waals surface area contributed by atoms with E-state index < -0.39 is 11.9 Å². The summed E-state index contributed by atoms with van der Waals surface area (Å²) in [5.41, 5.74) is 14.5. The Balaban J connectivity index is 1.91. The first-order valence-electron chi connectivity index (χ1n) is 15.6. The highest BCUT2D eigenvalue weighted by Gasteiger charge is 2.21. The molecule has 2 aliphatic rings. The molecule has 242 valence electrons. The Morgan fingerprint density at radius 1 is 0.609 bits per heavy atom. The highest BCUT2D eigenvalue weighted by Crippen LogP contribution is 2.37. The van der Waals surface area contributed by atoms with Crippen molar-refractivity contribution in [2.45, 2.75) is 66.2 Å². The third-order valence-corrected chi connectivity index (χ3v) is 9.09. The van der Waals surface area contributed by atoms with Gasteiger partial charge >= 0.3 is 11.9 Å². The zero-order valence-corrected chi connectivity index (χ0v) is 27.4. The van der Waals surface area contributed by atoms with E-state index >= 15 is 0 Å². The van der Waals surface area contributed by atoms with Crippen LogP contribution in [0.15, 0.2) is 24.3 Å². The number of methoxy groups -OCH3 is 2. The Labute approximate surface area is 268 Å². The minimum Gasteiger partial charge on any atom is -0.481 e. The number of rotatable bonds is 12. The molecule has 3 aromatic heterocycles. The van der Waals surface area contributed by atoms with Crippen LogP contribution in [0.4, 0.5) is 0 Å². The number of carboxylic acids is 2. The number of nitrogens with one attached hydrogen (secondary N) is 2. The molecule has 10 heteroatoms. The molecule has 0 aliphatic carbocycles. The summed E-state index contributed by atoms with van der Waals surface area (Å²) in [6.07, 6.45) is 2.00. The van der Waals surface area contributed by atoms with Gasteiger partial charge in [0, 0.05) is 49.1 Å².